The van der Waals surface area contributed by atoms with E-state index in [9.17, 15) is 24.3 Å². The van der Waals surface area contributed by atoms with Crippen molar-refractivity contribution < 1.29 is 33.9 Å². The maximum Gasteiger partial charge on any atom is 0.352 e. The Morgan fingerprint density at radius 3 is 2.15 bits per heavy atom. The minimum absolute atomic E-state index is 0.132. The van der Waals surface area contributed by atoms with Gasteiger partial charge in [-0.25, -0.2) is 9.78 Å². The molecule has 0 aliphatic carbocycles. The summed E-state index contributed by atoms with van der Waals surface area (Å²) >= 11 is 3.66. The van der Waals surface area contributed by atoms with E-state index in [1.807, 2.05) is 91.0 Å². The van der Waals surface area contributed by atoms with Gasteiger partial charge in [-0.1, -0.05) is 113 Å². The molecule has 2 aliphatic rings. The SMILES string of the molecule is CC(C)(C)OC(=O)CCO/N=C(\C(=O)N[C@@H]1C(=O)N2C(C(=O)O)=C(CSc3nnnn3N)CS[C@@H]12)c1csc(NC(c2ccccc2)(c2ccccc2)c2ccccc2)n1. The molecule has 60 heavy (non-hydrogen) atoms. The van der Waals surface area contributed by atoms with Gasteiger partial charge in [0.25, 0.3) is 11.8 Å². The summed E-state index contributed by atoms with van der Waals surface area (Å²) in [6.45, 7) is 5.03. The van der Waals surface area contributed by atoms with Crippen molar-refractivity contribution in [1.82, 2.24) is 35.5 Å². The number of carbonyl (C=O) groups excluding carboxylic acids is 3. The second-order valence-corrected chi connectivity index (χ2v) is 17.3. The number of nitrogens with zero attached hydrogens (tertiary/aromatic N) is 7. The molecule has 0 radical (unpaired) electrons. The lowest BCUT2D eigenvalue weighted by Crippen LogP contribution is -2.71. The third-order valence-electron chi connectivity index (χ3n) is 9.22. The Morgan fingerprint density at radius 1 is 0.983 bits per heavy atom. The van der Waals surface area contributed by atoms with Crippen LogP contribution >= 0.6 is 34.9 Å². The lowest BCUT2D eigenvalue weighted by Gasteiger charge is -2.49. The van der Waals surface area contributed by atoms with Crippen LogP contribution in [-0.4, -0.2) is 99.9 Å². The predicted molar refractivity (Wildman–Crippen MR) is 226 cm³/mol. The number of rotatable bonds is 16. The fourth-order valence-electron chi connectivity index (χ4n) is 6.65. The lowest BCUT2D eigenvalue weighted by molar-refractivity contribution is -0.156. The number of thiazole rings is 1. The molecule has 4 heterocycles. The quantitative estimate of drug-likeness (QED) is 0.0159. The third kappa shape index (κ3) is 8.99. The molecular weight excluding hydrogens is 829 g/mol. The summed E-state index contributed by atoms with van der Waals surface area (Å²) in [6, 6.07) is 28.7. The van der Waals surface area contributed by atoms with Crippen molar-refractivity contribution in [2.45, 2.75) is 54.9 Å². The van der Waals surface area contributed by atoms with Crippen LogP contribution in [0.15, 0.2) is 118 Å². The molecule has 5 aromatic rings. The van der Waals surface area contributed by atoms with Crippen LogP contribution in [0.2, 0.25) is 0 Å². The number of oxime groups is 1. The van der Waals surface area contributed by atoms with Crippen molar-refractivity contribution in [3.8, 4) is 0 Å². The molecule has 0 unspecified atom stereocenters. The van der Waals surface area contributed by atoms with Crippen LogP contribution in [0.25, 0.3) is 0 Å². The zero-order valence-corrected chi connectivity index (χ0v) is 35.0. The van der Waals surface area contributed by atoms with Crippen molar-refractivity contribution in [1.29, 1.82) is 0 Å². The number of aliphatic carboxylic acids is 1. The molecule has 3 aromatic carbocycles. The molecule has 0 saturated carbocycles. The second kappa shape index (κ2) is 17.9. The van der Waals surface area contributed by atoms with Crippen molar-refractivity contribution in [2.75, 3.05) is 29.3 Å². The van der Waals surface area contributed by atoms with Gasteiger partial charge in [0.2, 0.25) is 5.16 Å². The van der Waals surface area contributed by atoms with Gasteiger partial charge in [-0.15, -0.1) is 27.9 Å². The molecule has 1 saturated heterocycles. The third-order valence-corrected chi connectivity index (χ3v) is 12.3. The summed E-state index contributed by atoms with van der Waals surface area (Å²) in [6.07, 6.45) is -0.146. The molecule has 2 aromatic heterocycles. The van der Waals surface area contributed by atoms with Crippen LogP contribution < -0.4 is 16.5 Å². The fourth-order valence-corrected chi connectivity index (χ4v) is 9.68. The minimum atomic E-state index is -1.29. The molecule has 0 spiro atoms. The topological polar surface area (TPSA) is 229 Å². The standard InChI is InChI=1S/C40H40N10O7S3/c1-39(2,3)57-29(51)19-20-56-46-30(33(52)43-31-34(53)49-32(36(54)55)24(21-58-35(31)49)22-60-38-45-47-48-50(38)41)28-23-59-37(42-28)44-40(25-13-7-4-8-14-25,26-15-9-5-10-16-26)27-17-11-6-12-18-27/h4-18,23,31,35H,19-22,41H2,1-3H3,(H,42,44)(H,43,52)(H,54,55)/b46-30-/t31-,35+/m1/s1. The number of hydrogen-bond acceptors (Lipinski definition) is 16. The van der Waals surface area contributed by atoms with Gasteiger partial charge in [0.05, 0.1) is 6.42 Å². The van der Waals surface area contributed by atoms with Crippen LogP contribution in [0.3, 0.4) is 0 Å². The van der Waals surface area contributed by atoms with Gasteiger partial charge in [-0.2, -0.15) is 0 Å². The Bertz CT molecular complexity index is 2320. The van der Waals surface area contributed by atoms with Crippen molar-refractivity contribution >= 4 is 69.5 Å². The molecule has 2 aliphatic heterocycles. The average molecular weight is 869 g/mol. The minimum Gasteiger partial charge on any atom is -0.477 e. The first-order chi connectivity index (χ1) is 28.9. The number of carbonyl (C=O) groups is 4. The Morgan fingerprint density at radius 2 is 1.60 bits per heavy atom. The highest BCUT2D eigenvalue weighted by molar-refractivity contribution is 8.01. The summed E-state index contributed by atoms with van der Waals surface area (Å²) in [4.78, 5) is 65.2. The molecule has 1 fully saturated rings. The number of nitrogens with two attached hydrogens (primary N) is 1. The summed E-state index contributed by atoms with van der Waals surface area (Å²) in [5.74, 6) is 2.91. The number of esters is 1. The van der Waals surface area contributed by atoms with E-state index in [2.05, 4.69) is 31.3 Å². The van der Waals surface area contributed by atoms with E-state index in [0.717, 1.165) is 38.1 Å². The van der Waals surface area contributed by atoms with Crippen molar-refractivity contribution in [2.24, 2.45) is 5.16 Å². The molecule has 2 amide bonds. The number of ether oxygens (including phenoxy) is 1. The first kappa shape index (κ1) is 41.9. The number of amides is 2. The summed E-state index contributed by atoms with van der Waals surface area (Å²) in [5.41, 5.74) is 1.35. The van der Waals surface area contributed by atoms with Gasteiger partial charge < -0.3 is 31.2 Å². The molecule has 7 rings (SSSR count). The van der Waals surface area contributed by atoms with E-state index < -0.39 is 46.3 Å². The van der Waals surface area contributed by atoms with E-state index in [-0.39, 0.29) is 46.8 Å². The highest BCUT2D eigenvalue weighted by Gasteiger charge is 2.54. The summed E-state index contributed by atoms with van der Waals surface area (Å²) in [7, 11) is 0. The van der Waals surface area contributed by atoms with E-state index in [1.54, 1.807) is 26.2 Å². The number of nitrogens with one attached hydrogen (secondary N) is 2. The second-order valence-electron chi connectivity index (χ2n) is 14.4. The number of aromatic nitrogens is 5. The highest BCUT2D eigenvalue weighted by Crippen LogP contribution is 2.42. The number of thioether (sulfide) groups is 2. The smallest absolute Gasteiger partial charge is 0.352 e. The number of benzene rings is 3. The van der Waals surface area contributed by atoms with Crippen LogP contribution in [0.1, 0.15) is 49.6 Å². The molecule has 2 atom stereocenters. The molecule has 20 heteroatoms. The summed E-state index contributed by atoms with van der Waals surface area (Å²) in [5, 5.41) is 33.3. The zero-order valence-electron chi connectivity index (χ0n) is 32.6. The largest absolute Gasteiger partial charge is 0.477 e. The Labute approximate surface area is 356 Å². The highest BCUT2D eigenvalue weighted by atomic mass is 32.2. The van der Waals surface area contributed by atoms with E-state index >= 15 is 0 Å². The molecule has 0 bridgehead atoms. The molecular formula is C40H40N10O7S3. The number of anilines is 1. The summed E-state index contributed by atoms with van der Waals surface area (Å²) < 4.78 is 5.37. The van der Waals surface area contributed by atoms with E-state index in [1.165, 1.54) is 23.1 Å². The monoisotopic (exact) mass is 868 g/mol. The van der Waals surface area contributed by atoms with E-state index in [0.29, 0.717) is 10.7 Å². The normalized spacial score (nSPS) is 16.8. The maximum absolute atomic E-state index is 14.2. The average Bonchev–Trinajstić information content (AvgIpc) is 3.88. The Kier molecular flexibility index (Phi) is 12.5. The number of carboxylic acid groups (broad SMARTS) is 1. The maximum atomic E-state index is 14.2. The zero-order chi connectivity index (χ0) is 42.4. The van der Waals surface area contributed by atoms with Crippen LogP contribution in [0.4, 0.5) is 5.13 Å². The number of nitrogen functional groups attached to an aromatic ring is 1. The van der Waals surface area contributed by atoms with Crippen LogP contribution in [0.5, 0.6) is 0 Å². The Balaban J connectivity index is 1.16. The van der Waals surface area contributed by atoms with Crippen molar-refractivity contribution in [3.05, 3.63) is 130 Å². The first-order valence-corrected chi connectivity index (χ1v) is 21.5. The van der Waals surface area contributed by atoms with Crippen LogP contribution in [-0.2, 0) is 34.3 Å². The van der Waals surface area contributed by atoms with Crippen LogP contribution in [0, 0.1) is 0 Å². The number of hydrogen-bond donors (Lipinski definition) is 4. The van der Waals surface area contributed by atoms with Gasteiger partial charge in [0, 0.05) is 16.9 Å². The number of β-lactam (4-membered cyclic amide) rings is 1. The van der Waals surface area contributed by atoms with E-state index in [4.69, 9.17) is 20.4 Å². The van der Waals surface area contributed by atoms with Crippen molar-refractivity contribution in [3.63, 3.8) is 0 Å². The number of carboxylic acids is 1. The van der Waals surface area contributed by atoms with Gasteiger partial charge in [-0.05, 0) is 53.5 Å². The number of tetrazole rings is 1. The lowest BCUT2D eigenvalue weighted by atomic mass is 9.77. The molecule has 5 N–H and O–H groups in total. The fraction of sp³-hybridized carbons (Fsp3) is 0.275. The van der Waals surface area contributed by atoms with Gasteiger partial charge in [0.1, 0.15) is 40.6 Å². The Hall–Kier alpha value is -6.25. The van der Waals surface area contributed by atoms with Gasteiger partial charge in [-0.3, -0.25) is 19.3 Å². The molecule has 310 valence electrons. The van der Waals surface area contributed by atoms with Gasteiger partial charge in [0.15, 0.2) is 10.8 Å². The van der Waals surface area contributed by atoms with Gasteiger partial charge >= 0.3 is 11.9 Å². The first-order valence-electron chi connectivity index (χ1n) is 18.6. The predicted octanol–water partition coefficient (Wildman–Crippen LogP) is 4.23. The number of fused-ring (bicyclic) bond motifs is 1. The molecule has 17 nitrogen and oxygen atoms in total.